The van der Waals surface area contributed by atoms with Gasteiger partial charge in [-0.05, 0) is 42.2 Å². The molecule has 6 heteroatoms. The van der Waals surface area contributed by atoms with Gasteiger partial charge in [0, 0.05) is 13.1 Å². The summed E-state index contributed by atoms with van der Waals surface area (Å²) in [5.41, 5.74) is 3.72. The Morgan fingerprint density at radius 1 is 1.14 bits per heavy atom. The molecule has 0 saturated carbocycles. The number of benzene rings is 2. The molecule has 5 nitrogen and oxygen atoms in total. The topological polar surface area (TPSA) is 63.7 Å². The highest BCUT2D eigenvalue weighted by Crippen LogP contribution is 2.32. The van der Waals surface area contributed by atoms with Crippen LogP contribution < -0.4 is 4.74 Å². The van der Waals surface area contributed by atoms with Crippen LogP contribution in [0.2, 0.25) is 0 Å². The average Bonchev–Trinajstić information content (AvgIpc) is 2.68. The van der Waals surface area contributed by atoms with Crippen LogP contribution in [0.5, 0.6) is 5.75 Å². The number of nitrogens with zero attached hydrogens (tertiary/aromatic N) is 1. The zero-order chi connectivity index (χ0) is 19.7. The highest BCUT2D eigenvalue weighted by Gasteiger charge is 2.34. The molecule has 1 atom stereocenters. The fourth-order valence-electron chi connectivity index (χ4n) is 3.85. The quantitative estimate of drug-likeness (QED) is 0.798. The standard InChI is InChI=1S/C22H23NO4S/c1-16-6-2-3-7-19(16)17-10-12-23(13-11-17)22(24)14-18-15-28(25,26)21-9-5-4-8-20(21)27-18/h2-10,18H,11-15H2,1H3. The number of carbonyl (C=O) groups is 1. The molecule has 146 valence electrons. The van der Waals surface area contributed by atoms with Crippen LogP contribution in [0.4, 0.5) is 0 Å². The normalized spacial score (nSPS) is 20.7. The van der Waals surface area contributed by atoms with E-state index in [2.05, 4.69) is 25.1 Å². The van der Waals surface area contributed by atoms with E-state index < -0.39 is 15.9 Å². The summed E-state index contributed by atoms with van der Waals surface area (Å²) in [5.74, 6) is 0.111. The highest BCUT2D eigenvalue weighted by molar-refractivity contribution is 7.91. The molecule has 1 amide bonds. The van der Waals surface area contributed by atoms with Gasteiger partial charge in [0.1, 0.15) is 16.7 Å². The molecule has 0 N–H and O–H groups in total. The van der Waals surface area contributed by atoms with Crippen LogP contribution >= 0.6 is 0 Å². The van der Waals surface area contributed by atoms with Gasteiger partial charge in [-0.15, -0.1) is 0 Å². The number of ether oxygens (including phenoxy) is 1. The van der Waals surface area contributed by atoms with Crippen LogP contribution in [0.25, 0.3) is 5.57 Å². The van der Waals surface area contributed by atoms with E-state index in [0.717, 1.165) is 6.42 Å². The first-order valence-electron chi connectivity index (χ1n) is 9.45. The fraction of sp³-hybridized carbons (Fsp3) is 0.318. The maximum atomic E-state index is 12.7. The average molecular weight is 397 g/mol. The highest BCUT2D eigenvalue weighted by atomic mass is 32.2. The van der Waals surface area contributed by atoms with Crippen LogP contribution in [-0.2, 0) is 14.6 Å². The molecule has 0 fully saturated rings. The molecular weight excluding hydrogens is 374 g/mol. The summed E-state index contributed by atoms with van der Waals surface area (Å²) in [5, 5.41) is 0. The molecular formula is C22H23NO4S. The molecule has 28 heavy (non-hydrogen) atoms. The van der Waals surface area contributed by atoms with Gasteiger partial charge in [0.25, 0.3) is 0 Å². The van der Waals surface area contributed by atoms with Crippen LogP contribution in [-0.4, -0.2) is 44.2 Å². The van der Waals surface area contributed by atoms with E-state index in [-0.39, 0.29) is 23.0 Å². The number of aryl methyl sites for hydroxylation is 1. The van der Waals surface area contributed by atoms with Crippen molar-refractivity contribution in [2.75, 3.05) is 18.8 Å². The molecule has 4 rings (SSSR count). The van der Waals surface area contributed by atoms with Gasteiger partial charge in [-0.25, -0.2) is 8.42 Å². The first-order valence-corrected chi connectivity index (χ1v) is 11.1. The maximum Gasteiger partial charge on any atom is 0.226 e. The summed E-state index contributed by atoms with van der Waals surface area (Å²) in [7, 11) is -3.42. The van der Waals surface area contributed by atoms with E-state index >= 15 is 0 Å². The largest absolute Gasteiger partial charge is 0.487 e. The summed E-state index contributed by atoms with van der Waals surface area (Å²) in [6, 6.07) is 14.8. The molecule has 2 aromatic rings. The molecule has 0 radical (unpaired) electrons. The number of sulfone groups is 1. The van der Waals surface area contributed by atoms with Gasteiger partial charge in [-0.2, -0.15) is 0 Å². The number of carbonyl (C=O) groups excluding carboxylic acids is 1. The minimum absolute atomic E-state index is 0.0698. The Labute approximate surface area is 165 Å². The predicted octanol–water partition coefficient (Wildman–Crippen LogP) is 3.24. The summed E-state index contributed by atoms with van der Waals surface area (Å²) >= 11 is 0. The second-order valence-electron chi connectivity index (χ2n) is 7.31. The minimum atomic E-state index is -3.42. The van der Waals surface area contributed by atoms with Crippen LogP contribution in [0, 0.1) is 6.92 Å². The lowest BCUT2D eigenvalue weighted by atomic mass is 9.95. The lowest BCUT2D eigenvalue weighted by Crippen LogP contribution is -2.40. The second-order valence-corrected chi connectivity index (χ2v) is 9.31. The summed E-state index contributed by atoms with van der Waals surface area (Å²) in [6.07, 6.45) is 2.32. The van der Waals surface area contributed by atoms with Gasteiger partial charge < -0.3 is 9.64 Å². The molecule has 2 heterocycles. The van der Waals surface area contributed by atoms with Gasteiger partial charge in [-0.1, -0.05) is 42.5 Å². The first kappa shape index (κ1) is 18.7. The lowest BCUT2D eigenvalue weighted by Gasteiger charge is -2.30. The third-order valence-corrected chi connectivity index (χ3v) is 7.16. The Kier molecular flexibility index (Phi) is 4.98. The zero-order valence-corrected chi connectivity index (χ0v) is 16.6. The molecule has 2 aromatic carbocycles. The Balaban J connectivity index is 1.43. The van der Waals surface area contributed by atoms with E-state index in [1.165, 1.54) is 16.7 Å². The molecule has 0 aromatic heterocycles. The number of hydrogen-bond acceptors (Lipinski definition) is 4. The first-order chi connectivity index (χ1) is 13.4. The van der Waals surface area contributed by atoms with Crippen molar-refractivity contribution in [3.8, 4) is 5.75 Å². The van der Waals surface area contributed by atoms with Gasteiger partial charge in [-0.3, -0.25) is 4.79 Å². The van der Waals surface area contributed by atoms with Crippen molar-refractivity contribution in [3.63, 3.8) is 0 Å². The van der Waals surface area contributed by atoms with Crippen LogP contribution in [0.3, 0.4) is 0 Å². The lowest BCUT2D eigenvalue weighted by molar-refractivity contribution is -0.132. The minimum Gasteiger partial charge on any atom is -0.487 e. The third-order valence-electron chi connectivity index (χ3n) is 5.34. The van der Waals surface area contributed by atoms with E-state index in [1.54, 1.807) is 29.2 Å². The maximum absolute atomic E-state index is 12.7. The predicted molar refractivity (Wildman–Crippen MR) is 108 cm³/mol. The van der Waals surface area contributed by atoms with E-state index in [0.29, 0.717) is 18.8 Å². The van der Waals surface area contributed by atoms with Crippen LogP contribution in [0.1, 0.15) is 24.0 Å². The van der Waals surface area contributed by atoms with Crippen molar-refractivity contribution in [3.05, 3.63) is 65.7 Å². The van der Waals surface area contributed by atoms with E-state index in [9.17, 15) is 13.2 Å². The van der Waals surface area contributed by atoms with Crippen molar-refractivity contribution < 1.29 is 17.9 Å². The Morgan fingerprint density at radius 3 is 2.64 bits per heavy atom. The number of rotatable bonds is 3. The summed E-state index contributed by atoms with van der Waals surface area (Å²) in [4.78, 5) is 14.7. The Bertz CT molecular complexity index is 1040. The van der Waals surface area contributed by atoms with Crippen molar-refractivity contribution in [1.82, 2.24) is 4.90 Å². The Hall–Kier alpha value is -2.60. The van der Waals surface area contributed by atoms with Crippen molar-refractivity contribution >= 4 is 21.3 Å². The molecule has 1 unspecified atom stereocenters. The number of fused-ring (bicyclic) bond motifs is 1. The number of amides is 1. The zero-order valence-electron chi connectivity index (χ0n) is 15.8. The Morgan fingerprint density at radius 2 is 1.89 bits per heavy atom. The molecule has 0 spiro atoms. The fourth-order valence-corrected chi connectivity index (χ4v) is 5.41. The van der Waals surface area contributed by atoms with Gasteiger partial charge >= 0.3 is 0 Å². The van der Waals surface area contributed by atoms with Gasteiger partial charge in [0.2, 0.25) is 5.91 Å². The smallest absolute Gasteiger partial charge is 0.226 e. The monoisotopic (exact) mass is 397 g/mol. The summed E-state index contributed by atoms with van der Waals surface area (Å²) < 4.78 is 30.7. The SMILES string of the molecule is Cc1ccccc1C1=CCN(C(=O)CC2CS(=O)(=O)c3ccccc3O2)CC1. The molecule has 0 aliphatic carbocycles. The number of para-hydroxylation sites is 1. The molecule has 2 aliphatic heterocycles. The molecule has 2 aliphatic rings. The number of hydrogen-bond donors (Lipinski definition) is 0. The third kappa shape index (κ3) is 3.69. The molecule has 0 saturated heterocycles. The van der Waals surface area contributed by atoms with Gasteiger partial charge in [0.15, 0.2) is 9.84 Å². The van der Waals surface area contributed by atoms with E-state index in [4.69, 9.17) is 4.74 Å². The van der Waals surface area contributed by atoms with Gasteiger partial charge in [0.05, 0.1) is 12.2 Å². The van der Waals surface area contributed by atoms with Crippen molar-refractivity contribution in [1.29, 1.82) is 0 Å². The molecule has 0 bridgehead atoms. The van der Waals surface area contributed by atoms with Crippen molar-refractivity contribution in [2.45, 2.75) is 30.8 Å². The summed E-state index contributed by atoms with van der Waals surface area (Å²) in [6.45, 7) is 3.26. The van der Waals surface area contributed by atoms with Crippen molar-refractivity contribution in [2.24, 2.45) is 0 Å². The second kappa shape index (κ2) is 7.43. The van der Waals surface area contributed by atoms with Crippen LogP contribution in [0.15, 0.2) is 59.5 Å². The van der Waals surface area contributed by atoms with E-state index in [1.807, 2.05) is 12.1 Å².